The van der Waals surface area contributed by atoms with Crippen LogP contribution >= 0.6 is 0 Å². The number of carbonyl (C=O) groups is 1. The minimum absolute atomic E-state index is 0.302. The molecule has 2 heteroatoms. The summed E-state index contributed by atoms with van der Waals surface area (Å²) >= 11 is 0. The maximum Gasteiger partial charge on any atom is 0.138 e. The van der Waals surface area contributed by atoms with Gasteiger partial charge in [0.05, 0.1) is 5.69 Å². The van der Waals surface area contributed by atoms with Gasteiger partial charge < -0.3 is 0 Å². The SMILES string of the molecule is CCCC(=O)CC(CC)=Nc1c(C(C)C)cccc1C(C)C. The molecule has 0 aliphatic carbocycles. The van der Waals surface area contributed by atoms with Crippen LogP contribution in [0.3, 0.4) is 0 Å². The number of rotatable bonds is 8. The third kappa shape index (κ3) is 5.08. The van der Waals surface area contributed by atoms with E-state index >= 15 is 0 Å². The topological polar surface area (TPSA) is 29.4 Å². The highest BCUT2D eigenvalue weighted by molar-refractivity contribution is 6.03. The molecular formula is C20H31NO. The van der Waals surface area contributed by atoms with Gasteiger partial charge in [0.2, 0.25) is 0 Å². The van der Waals surface area contributed by atoms with E-state index in [1.165, 1.54) is 11.1 Å². The monoisotopic (exact) mass is 301 g/mol. The summed E-state index contributed by atoms with van der Waals surface area (Å²) in [5.74, 6) is 1.17. The van der Waals surface area contributed by atoms with Crippen LogP contribution < -0.4 is 0 Å². The number of hydrogen-bond donors (Lipinski definition) is 0. The Labute approximate surface area is 136 Å². The molecule has 0 aliphatic heterocycles. The van der Waals surface area contributed by atoms with Gasteiger partial charge in [-0.3, -0.25) is 9.79 Å². The molecule has 0 fully saturated rings. The Morgan fingerprint density at radius 3 is 2.00 bits per heavy atom. The van der Waals surface area contributed by atoms with Crippen molar-refractivity contribution in [3.63, 3.8) is 0 Å². The van der Waals surface area contributed by atoms with Gasteiger partial charge >= 0.3 is 0 Å². The van der Waals surface area contributed by atoms with E-state index in [4.69, 9.17) is 4.99 Å². The number of carbonyl (C=O) groups excluding carboxylic acids is 1. The zero-order valence-corrected chi connectivity index (χ0v) is 15.1. The van der Waals surface area contributed by atoms with Gasteiger partial charge in [-0.15, -0.1) is 0 Å². The fourth-order valence-corrected chi connectivity index (χ4v) is 2.64. The van der Waals surface area contributed by atoms with E-state index in [1.807, 2.05) is 6.92 Å². The van der Waals surface area contributed by atoms with Crippen molar-refractivity contribution in [2.24, 2.45) is 4.99 Å². The normalized spacial score (nSPS) is 12.3. The Morgan fingerprint density at radius 1 is 1.05 bits per heavy atom. The molecule has 0 N–H and O–H groups in total. The molecule has 0 unspecified atom stereocenters. The zero-order chi connectivity index (χ0) is 16.7. The number of aliphatic imine (C=N–C) groups is 1. The molecule has 0 aromatic heterocycles. The molecule has 22 heavy (non-hydrogen) atoms. The number of benzene rings is 1. The van der Waals surface area contributed by atoms with Crippen molar-refractivity contribution in [1.29, 1.82) is 0 Å². The van der Waals surface area contributed by atoms with E-state index in [2.05, 4.69) is 52.8 Å². The quantitative estimate of drug-likeness (QED) is 0.527. The van der Waals surface area contributed by atoms with Crippen LogP contribution in [-0.2, 0) is 4.79 Å². The van der Waals surface area contributed by atoms with E-state index in [0.717, 1.165) is 24.2 Å². The summed E-state index contributed by atoms with van der Waals surface area (Å²) in [5, 5.41) is 0. The van der Waals surface area contributed by atoms with Gasteiger partial charge in [-0.05, 0) is 35.8 Å². The predicted molar refractivity (Wildman–Crippen MR) is 96.5 cm³/mol. The first-order chi connectivity index (χ1) is 10.4. The van der Waals surface area contributed by atoms with E-state index in [-0.39, 0.29) is 0 Å². The first-order valence-corrected chi connectivity index (χ1v) is 8.61. The lowest BCUT2D eigenvalue weighted by atomic mass is 9.92. The number of para-hydroxylation sites is 1. The van der Waals surface area contributed by atoms with Crippen molar-refractivity contribution < 1.29 is 4.79 Å². The molecule has 0 aliphatic rings. The summed E-state index contributed by atoms with van der Waals surface area (Å²) in [7, 11) is 0. The minimum Gasteiger partial charge on any atom is -0.299 e. The molecule has 1 rings (SSSR count). The average molecular weight is 301 g/mol. The number of nitrogens with zero attached hydrogens (tertiary/aromatic N) is 1. The maximum atomic E-state index is 12.0. The Bertz CT molecular complexity index is 500. The standard InChI is InChI=1S/C20H31NO/c1-7-10-17(22)13-16(8-2)21-20-18(14(3)4)11-9-12-19(20)15(5)6/h9,11-12,14-15H,7-8,10,13H2,1-6H3. The van der Waals surface area contributed by atoms with Crippen molar-refractivity contribution >= 4 is 17.2 Å². The van der Waals surface area contributed by atoms with Gasteiger partial charge in [-0.25, -0.2) is 0 Å². The molecular weight excluding hydrogens is 270 g/mol. The lowest BCUT2D eigenvalue weighted by Gasteiger charge is -2.17. The molecule has 0 spiro atoms. The van der Waals surface area contributed by atoms with Crippen LogP contribution in [0.25, 0.3) is 0 Å². The van der Waals surface area contributed by atoms with Crippen LogP contribution in [-0.4, -0.2) is 11.5 Å². The van der Waals surface area contributed by atoms with E-state index in [0.29, 0.717) is 30.5 Å². The van der Waals surface area contributed by atoms with Crippen LogP contribution in [0.5, 0.6) is 0 Å². The number of ketones is 1. The molecule has 122 valence electrons. The van der Waals surface area contributed by atoms with Crippen molar-refractivity contribution in [2.75, 3.05) is 0 Å². The summed E-state index contributed by atoms with van der Waals surface area (Å²) in [5.41, 5.74) is 4.65. The van der Waals surface area contributed by atoms with Crippen LogP contribution in [0, 0.1) is 0 Å². The Hall–Kier alpha value is -1.44. The summed E-state index contributed by atoms with van der Waals surface area (Å²) < 4.78 is 0. The predicted octanol–water partition coefficient (Wildman–Crippen LogP) is 6.18. The highest BCUT2D eigenvalue weighted by atomic mass is 16.1. The van der Waals surface area contributed by atoms with Crippen LogP contribution in [0.2, 0.25) is 0 Å². The molecule has 0 saturated carbocycles. The number of Topliss-reactive ketones (excluding diaryl/α,β-unsaturated/α-hetero) is 1. The van der Waals surface area contributed by atoms with E-state index in [9.17, 15) is 4.79 Å². The molecule has 1 aromatic carbocycles. The van der Waals surface area contributed by atoms with Crippen LogP contribution in [0.15, 0.2) is 23.2 Å². The highest BCUT2D eigenvalue weighted by Gasteiger charge is 2.14. The summed E-state index contributed by atoms with van der Waals surface area (Å²) in [6.07, 6.45) is 2.89. The van der Waals surface area contributed by atoms with Crippen molar-refractivity contribution in [3.05, 3.63) is 29.3 Å². The van der Waals surface area contributed by atoms with Gasteiger partial charge in [-0.2, -0.15) is 0 Å². The smallest absolute Gasteiger partial charge is 0.138 e. The largest absolute Gasteiger partial charge is 0.299 e. The van der Waals surface area contributed by atoms with Gasteiger partial charge in [0, 0.05) is 18.6 Å². The second-order valence-electron chi connectivity index (χ2n) is 6.59. The average Bonchev–Trinajstić information content (AvgIpc) is 2.46. The summed E-state index contributed by atoms with van der Waals surface area (Å²) in [6, 6.07) is 6.45. The first-order valence-electron chi connectivity index (χ1n) is 8.61. The Morgan fingerprint density at radius 2 is 1.59 bits per heavy atom. The third-order valence-corrected chi connectivity index (χ3v) is 3.95. The highest BCUT2D eigenvalue weighted by Crippen LogP contribution is 2.35. The fourth-order valence-electron chi connectivity index (χ4n) is 2.64. The molecule has 1 aromatic rings. The fraction of sp³-hybridized carbons (Fsp3) is 0.600. The second-order valence-corrected chi connectivity index (χ2v) is 6.59. The molecule has 0 atom stereocenters. The molecule has 0 amide bonds. The van der Waals surface area contributed by atoms with Crippen LogP contribution in [0.1, 0.15) is 90.2 Å². The maximum absolute atomic E-state index is 12.0. The van der Waals surface area contributed by atoms with Crippen molar-refractivity contribution in [1.82, 2.24) is 0 Å². The van der Waals surface area contributed by atoms with E-state index < -0.39 is 0 Å². The third-order valence-electron chi connectivity index (χ3n) is 3.95. The molecule has 0 bridgehead atoms. The number of hydrogen-bond acceptors (Lipinski definition) is 2. The summed E-state index contributed by atoms with van der Waals surface area (Å²) in [6.45, 7) is 12.9. The lowest BCUT2D eigenvalue weighted by molar-refractivity contribution is -0.117. The summed E-state index contributed by atoms with van der Waals surface area (Å²) in [4.78, 5) is 16.9. The Balaban J connectivity index is 3.26. The second kappa shape index (κ2) is 8.87. The Kier molecular flexibility index (Phi) is 7.50. The molecule has 0 radical (unpaired) electrons. The van der Waals surface area contributed by atoms with Gasteiger partial charge in [0.1, 0.15) is 5.78 Å². The van der Waals surface area contributed by atoms with Crippen molar-refractivity contribution in [3.8, 4) is 0 Å². The van der Waals surface area contributed by atoms with Crippen molar-refractivity contribution in [2.45, 2.75) is 79.1 Å². The van der Waals surface area contributed by atoms with E-state index in [1.54, 1.807) is 0 Å². The lowest BCUT2D eigenvalue weighted by Crippen LogP contribution is -2.07. The minimum atomic E-state index is 0.302. The molecule has 0 saturated heterocycles. The zero-order valence-electron chi connectivity index (χ0n) is 15.1. The molecule has 2 nitrogen and oxygen atoms in total. The van der Waals surface area contributed by atoms with Gasteiger partial charge in [-0.1, -0.05) is 59.7 Å². The van der Waals surface area contributed by atoms with Gasteiger partial charge in [0.15, 0.2) is 0 Å². The first kappa shape index (κ1) is 18.6. The van der Waals surface area contributed by atoms with Gasteiger partial charge in [0.25, 0.3) is 0 Å². The molecule has 0 heterocycles. The van der Waals surface area contributed by atoms with Crippen LogP contribution in [0.4, 0.5) is 5.69 Å².